The summed E-state index contributed by atoms with van der Waals surface area (Å²) in [6, 6.07) is 16.2. The van der Waals surface area contributed by atoms with Crippen molar-refractivity contribution in [2.24, 2.45) is 5.92 Å². The maximum absolute atomic E-state index is 12.1. The molecule has 96 valence electrons. The summed E-state index contributed by atoms with van der Waals surface area (Å²) in [4.78, 5) is 16.4. The smallest absolute Gasteiger partial charge is 0.136 e. The number of aryl methyl sites for hydroxylation is 1. The Morgan fingerprint density at radius 2 is 1.89 bits per heavy atom. The molecule has 0 aliphatic heterocycles. The van der Waals surface area contributed by atoms with Crippen LogP contribution in [0.3, 0.4) is 0 Å². The zero-order chi connectivity index (χ0) is 13.1. The standard InChI is InChI=1S/C17H17NO/c19-17(10-9-14-8-4-5-11-18-14)16-12-15(16)13-6-2-1-3-7-13/h1-8,11,15-16H,9-10,12H2. The molecule has 2 atom stereocenters. The molecule has 0 N–H and O–H groups in total. The van der Waals surface area contributed by atoms with Gasteiger partial charge in [-0.05, 0) is 36.5 Å². The topological polar surface area (TPSA) is 30.0 Å². The number of hydrogen-bond donors (Lipinski definition) is 0. The summed E-state index contributed by atoms with van der Waals surface area (Å²) in [6.45, 7) is 0. The molecule has 19 heavy (non-hydrogen) atoms. The van der Waals surface area contributed by atoms with Crippen LogP contribution in [0, 0.1) is 5.92 Å². The van der Waals surface area contributed by atoms with Gasteiger partial charge in [-0.1, -0.05) is 36.4 Å². The van der Waals surface area contributed by atoms with Gasteiger partial charge in [0.15, 0.2) is 0 Å². The van der Waals surface area contributed by atoms with Crippen molar-refractivity contribution in [1.29, 1.82) is 0 Å². The average Bonchev–Trinajstić information content (AvgIpc) is 3.27. The highest BCUT2D eigenvalue weighted by Gasteiger charge is 2.42. The number of nitrogens with zero attached hydrogens (tertiary/aromatic N) is 1. The lowest BCUT2D eigenvalue weighted by atomic mass is 10.0. The second kappa shape index (κ2) is 5.35. The number of carbonyl (C=O) groups is 1. The van der Waals surface area contributed by atoms with Gasteiger partial charge in [0.1, 0.15) is 5.78 Å². The molecule has 1 saturated carbocycles. The Hall–Kier alpha value is -1.96. The van der Waals surface area contributed by atoms with E-state index in [4.69, 9.17) is 0 Å². The van der Waals surface area contributed by atoms with Gasteiger partial charge in [-0.15, -0.1) is 0 Å². The van der Waals surface area contributed by atoms with Crippen LogP contribution in [-0.2, 0) is 11.2 Å². The van der Waals surface area contributed by atoms with Crippen LogP contribution in [0.1, 0.15) is 30.0 Å². The quantitative estimate of drug-likeness (QED) is 0.815. The molecule has 1 aromatic carbocycles. The van der Waals surface area contributed by atoms with Crippen molar-refractivity contribution < 1.29 is 4.79 Å². The number of ketones is 1. The van der Waals surface area contributed by atoms with Crippen molar-refractivity contribution in [3.63, 3.8) is 0 Å². The summed E-state index contributed by atoms with van der Waals surface area (Å²) in [5, 5.41) is 0. The molecule has 2 aromatic rings. The molecular formula is C17H17NO. The minimum atomic E-state index is 0.242. The minimum Gasteiger partial charge on any atom is -0.299 e. The lowest BCUT2D eigenvalue weighted by Gasteiger charge is -2.01. The normalized spacial score (nSPS) is 21.1. The number of pyridine rings is 1. The molecule has 2 heteroatoms. The predicted octanol–water partition coefficient (Wildman–Crippen LogP) is 3.39. The summed E-state index contributed by atoms with van der Waals surface area (Å²) in [5.41, 5.74) is 2.31. The van der Waals surface area contributed by atoms with Gasteiger partial charge in [0.2, 0.25) is 0 Å². The SMILES string of the molecule is O=C(CCc1ccccn1)C1CC1c1ccccc1. The van der Waals surface area contributed by atoms with E-state index in [1.54, 1.807) is 6.20 Å². The fourth-order valence-corrected chi connectivity index (χ4v) is 2.60. The first-order valence-corrected chi connectivity index (χ1v) is 6.82. The van der Waals surface area contributed by atoms with Crippen LogP contribution in [0.25, 0.3) is 0 Å². The van der Waals surface area contributed by atoms with Crippen molar-refractivity contribution >= 4 is 5.78 Å². The first-order chi connectivity index (χ1) is 9.34. The third kappa shape index (κ3) is 2.90. The van der Waals surface area contributed by atoms with Gasteiger partial charge in [-0.25, -0.2) is 0 Å². The molecule has 1 heterocycles. The Morgan fingerprint density at radius 1 is 1.11 bits per heavy atom. The number of benzene rings is 1. The van der Waals surface area contributed by atoms with E-state index in [0.29, 0.717) is 18.1 Å². The highest BCUT2D eigenvalue weighted by atomic mass is 16.1. The minimum absolute atomic E-state index is 0.242. The van der Waals surface area contributed by atoms with E-state index in [-0.39, 0.29) is 5.92 Å². The van der Waals surface area contributed by atoms with Gasteiger partial charge in [0, 0.05) is 24.2 Å². The number of Topliss-reactive ketones (excluding diaryl/α,β-unsaturated/α-hetero) is 1. The van der Waals surface area contributed by atoms with E-state index in [2.05, 4.69) is 17.1 Å². The van der Waals surface area contributed by atoms with Crippen LogP contribution in [0.2, 0.25) is 0 Å². The average molecular weight is 251 g/mol. The molecule has 3 rings (SSSR count). The Balaban J connectivity index is 1.53. The Bertz CT molecular complexity index is 550. The number of aromatic nitrogens is 1. The molecular weight excluding hydrogens is 234 g/mol. The van der Waals surface area contributed by atoms with Gasteiger partial charge in [-0.2, -0.15) is 0 Å². The number of hydrogen-bond acceptors (Lipinski definition) is 2. The first kappa shape index (κ1) is 12.1. The largest absolute Gasteiger partial charge is 0.299 e. The molecule has 0 saturated heterocycles. The monoisotopic (exact) mass is 251 g/mol. The summed E-state index contributed by atoms with van der Waals surface area (Å²) < 4.78 is 0. The molecule has 2 nitrogen and oxygen atoms in total. The fraction of sp³-hybridized carbons (Fsp3) is 0.294. The second-order valence-electron chi connectivity index (χ2n) is 5.15. The van der Waals surface area contributed by atoms with E-state index in [0.717, 1.165) is 18.5 Å². The Morgan fingerprint density at radius 3 is 2.63 bits per heavy atom. The fourth-order valence-electron chi connectivity index (χ4n) is 2.60. The Labute approximate surface area is 113 Å². The van der Waals surface area contributed by atoms with E-state index in [9.17, 15) is 4.79 Å². The van der Waals surface area contributed by atoms with Gasteiger partial charge >= 0.3 is 0 Å². The molecule has 0 bridgehead atoms. The Kier molecular flexibility index (Phi) is 3.41. The third-order valence-electron chi connectivity index (χ3n) is 3.79. The maximum atomic E-state index is 12.1. The number of carbonyl (C=O) groups excluding carboxylic acids is 1. The molecule has 1 fully saturated rings. The van der Waals surface area contributed by atoms with Crippen molar-refractivity contribution in [2.75, 3.05) is 0 Å². The summed E-state index contributed by atoms with van der Waals surface area (Å²) in [5.74, 6) is 1.09. The zero-order valence-electron chi connectivity index (χ0n) is 10.8. The van der Waals surface area contributed by atoms with Crippen LogP contribution in [-0.4, -0.2) is 10.8 Å². The maximum Gasteiger partial charge on any atom is 0.136 e. The molecule has 2 unspecified atom stereocenters. The lowest BCUT2D eigenvalue weighted by molar-refractivity contribution is -0.120. The molecule has 0 amide bonds. The first-order valence-electron chi connectivity index (χ1n) is 6.82. The summed E-state index contributed by atoms with van der Waals surface area (Å²) in [7, 11) is 0. The van der Waals surface area contributed by atoms with Crippen molar-refractivity contribution in [1.82, 2.24) is 4.98 Å². The van der Waals surface area contributed by atoms with Crippen LogP contribution in [0.4, 0.5) is 0 Å². The van der Waals surface area contributed by atoms with Crippen molar-refractivity contribution in [3.05, 3.63) is 66.0 Å². The molecule has 1 aromatic heterocycles. The van der Waals surface area contributed by atoms with Crippen molar-refractivity contribution in [2.45, 2.75) is 25.2 Å². The van der Waals surface area contributed by atoms with Crippen molar-refractivity contribution in [3.8, 4) is 0 Å². The predicted molar refractivity (Wildman–Crippen MR) is 74.9 cm³/mol. The van der Waals surface area contributed by atoms with Crippen LogP contribution < -0.4 is 0 Å². The lowest BCUT2D eigenvalue weighted by Crippen LogP contribution is -2.04. The van der Waals surface area contributed by atoms with Crippen LogP contribution in [0.15, 0.2) is 54.7 Å². The summed E-state index contributed by atoms with van der Waals surface area (Å²) in [6.07, 6.45) is 4.18. The van der Waals surface area contributed by atoms with E-state index in [1.165, 1.54) is 5.56 Å². The second-order valence-corrected chi connectivity index (χ2v) is 5.15. The van der Waals surface area contributed by atoms with Gasteiger partial charge in [-0.3, -0.25) is 9.78 Å². The molecule has 0 spiro atoms. The van der Waals surface area contributed by atoms with E-state index in [1.807, 2.05) is 36.4 Å². The van der Waals surface area contributed by atoms with Crippen LogP contribution >= 0.6 is 0 Å². The van der Waals surface area contributed by atoms with Gasteiger partial charge < -0.3 is 0 Å². The highest BCUT2D eigenvalue weighted by molar-refractivity contribution is 5.85. The highest BCUT2D eigenvalue weighted by Crippen LogP contribution is 2.48. The molecule has 0 radical (unpaired) electrons. The number of rotatable bonds is 5. The van der Waals surface area contributed by atoms with Gasteiger partial charge in [0.05, 0.1) is 0 Å². The van der Waals surface area contributed by atoms with Crippen LogP contribution in [0.5, 0.6) is 0 Å². The summed E-state index contributed by atoms with van der Waals surface area (Å²) >= 11 is 0. The molecule has 1 aliphatic rings. The van der Waals surface area contributed by atoms with Gasteiger partial charge in [0.25, 0.3) is 0 Å². The van der Waals surface area contributed by atoms with E-state index >= 15 is 0 Å². The van der Waals surface area contributed by atoms with E-state index < -0.39 is 0 Å². The zero-order valence-corrected chi connectivity index (χ0v) is 10.8. The third-order valence-corrected chi connectivity index (χ3v) is 3.79. The molecule has 1 aliphatic carbocycles.